The first-order valence-electron chi connectivity index (χ1n) is 2.91. The van der Waals surface area contributed by atoms with Crippen LogP contribution in [-0.4, -0.2) is 7.85 Å². The van der Waals surface area contributed by atoms with Gasteiger partial charge in [0.15, 0.2) is 11.6 Å². The molecule has 1 aromatic carbocycles. The SMILES string of the molecule is [B]c1cc(F)c(C#N)c(F)c1F. The maximum absolute atomic E-state index is 12.6. The van der Waals surface area contributed by atoms with Gasteiger partial charge < -0.3 is 0 Å². The summed E-state index contributed by atoms with van der Waals surface area (Å²) in [5, 5.41) is 8.18. The lowest BCUT2D eigenvalue weighted by Crippen LogP contribution is -2.14. The highest BCUT2D eigenvalue weighted by atomic mass is 19.2. The average Bonchev–Trinajstić information content (AvgIpc) is 2.01. The van der Waals surface area contributed by atoms with Crippen molar-refractivity contribution in [3.05, 3.63) is 29.1 Å². The molecule has 0 aliphatic heterocycles. The average molecular weight is 167 g/mol. The van der Waals surface area contributed by atoms with E-state index in [4.69, 9.17) is 13.1 Å². The van der Waals surface area contributed by atoms with E-state index in [-0.39, 0.29) is 0 Å². The van der Waals surface area contributed by atoms with Crippen molar-refractivity contribution >= 4 is 13.3 Å². The summed E-state index contributed by atoms with van der Waals surface area (Å²) >= 11 is 0. The fraction of sp³-hybridized carbons (Fsp3) is 0. The standard InChI is InChI=1S/C7HBF3N/c8-4-1-5(9)3(2-12)6(10)7(4)11/h1H. The Morgan fingerprint density at radius 2 is 1.83 bits per heavy atom. The highest BCUT2D eigenvalue weighted by Crippen LogP contribution is 2.12. The molecule has 58 valence electrons. The van der Waals surface area contributed by atoms with E-state index in [0.717, 1.165) is 0 Å². The molecule has 1 aromatic rings. The van der Waals surface area contributed by atoms with E-state index < -0.39 is 28.5 Å². The van der Waals surface area contributed by atoms with Crippen molar-refractivity contribution in [3.63, 3.8) is 0 Å². The van der Waals surface area contributed by atoms with Gasteiger partial charge in [0.05, 0.1) is 0 Å². The highest BCUT2D eigenvalue weighted by molar-refractivity contribution is 6.32. The van der Waals surface area contributed by atoms with Gasteiger partial charge in [0.25, 0.3) is 0 Å². The number of rotatable bonds is 0. The third kappa shape index (κ3) is 1.16. The second kappa shape index (κ2) is 2.90. The Morgan fingerprint density at radius 3 is 2.33 bits per heavy atom. The summed E-state index contributed by atoms with van der Waals surface area (Å²) in [5.74, 6) is -4.10. The van der Waals surface area contributed by atoms with Gasteiger partial charge in [0, 0.05) is 0 Å². The number of nitriles is 1. The molecule has 0 bridgehead atoms. The molecule has 0 aliphatic rings. The van der Waals surface area contributed by atoms with Crippen LogP contribution in [0.25, 0.3) is 0 Å². The van der Waals surface area contributed by atoms with E-state index in [0.29, 0.717) is 6.07 Å². The molecule has 1 nitrogen and oxygen atoms in total. The quantitative estimate of drug-likeness (QED) is 0.413. The second-order valence-corrected chi connectivity index (χ2v) is 2.06. The molecule has 0 saturated carbocycles. The zero-order valence-corrected chi connectivity index (χ0v) is 5.74. The molecule has 0 unspecified atom stereocenters. The van der Waals surface area contributed by atoms with Gasteiger partial charge in [-0.2, -0.15) is 5.26 Å². The first-order chi connectivity index (χ1) is 5.57. The van der Waals surface area contributed by atoms with Crippen molar-refractivity contribution in [1.82, 2.24) is 0 Å². The lowest BCUT2D eigenvalue weighted by Gasteiger charge is -2.00. The topological polar surface area (TPSA) is 23.8 Å². The van der Waals surface area contributed by atoms with E-state index >= 15 is 0 Å². The summed E-state index contributed by atoms with van der Waals surface area (Å²) in [6, 6.07) is 1.75. The van der Waals surface area contributed by atoms with Crippen LogP contribution < -0.4 is 5.46 Å². The van der Waals surface area contributed by atoms with E-state index in [1.165, 1.54) is 6.07 Å². The van der Waals surface area contributed by atoms with Crippen LogP contribution in [-0.2, 0) is 0 Å². The van der Waals surface area contributed by atoms with Crippen molar-refractivity contribution in [2.75, 3.05) is 0 Å². The number of halogens is 3. The Balaban J connectivity index is 3.54. The van der Waals surface area contributed by atoms with Crippen molar-refractivity contribution in [2.24, 2.45) is 0 Å². The monoisotopic (exact) mass is 167 g/mol. The minimum Gasteiger partial charge on any atom is -0.205 e. The summed E-state index contributed by atoms with van der Waals surface area (Å²) in [6.07, 6.45) is 0. The van der Waals surface area contributed by atoms with Gasteiger partial charge in [0.1, 0.15) is 25.3 Å². The maximum atomic E-state index is 12.6. The molecule has 0 aliphatic carbocycles. The summed E-state index contributed by atoms with van der Waals surface area (Å²) < 4.78 is 37.7. The zero-order chi connectivity index (χ0) is 9.30. The predicted octanol–water partition coefficient (Wildman–Crippen LogP) is 0.769. The van der Waals surface area contributed by atoms with E-state index in [1.54, 1.807) is 0 Å². The van der Waals surface area contributed by atoms with Crippen molar-refractivity contribution in [2.45, 2.75) is 0 Å². The molecule has 1 rings (SSSR count). The first kappa shape index (κ1) is 8.66. The van der Waals surface area contributed by atoms with Gasteiger partial charge in [-0.05, 0) is 6.07 Å². The molecule has 2 radical (unpaired) electrons. The summed E-state index contributed by atoms with van der Waals surface area (Å²) in [7, 11) is 4.88. The van der Waals surface area contributed by atoms with E-state index in [1.807, 2.05) is 0 Å². The summed E-state index contributed by atoms with van der Waals surface area (Å²) in [5.41, 5.74) is -1.61. The predicted molar refractivity (Wildman–Crippen MR) is 36.4 cm³/mol. The van der Waals surface area contributed by atoms with Gasteiger partial charge in [-0.25, -0.2) is 13.2 Å². The molecule has 0 heterocycles. The summed E-state index contributed by atoms with van der Waals surface area (Å²) in [6.45, 7) is 0. The number of benzene rings is 1. The molecule has 0 spiro atoms. The van der Waals surface area contributed by atoms with Gasteiger partial charge in [-0.1, -0.05) is 5.46 Å². The van der Waals surface area contributed by atoms with Crippen molar-refractivity contribution < 1.29 is 13.2 Å². The Hall–Kier alpha value is -1.44. The third-order valence-corrected chi connectivity index (χ3v) is 1.30. The number of nitrogens with zero attached hydrogens (tertiary/aromatic N) is 1. The van der Waals surface area contributed by atoms with Crippen LogP contribution in [0.2, 0.25) is 0 Å². The first-order valence-corrected chi connectivity index (χ1v) is 2.91. The molecule has 0 amide bonds. The smallest absolute Gasteiger partial charge is 0.178 e. The van der Waals surface area contributed by atoms with Crippen molar-refractivity contribution in [1.29, 1.82) is 5.26 Å². The molecule has 0 aromatic heterocycles. The minimum atomic E-state index is -1.55. The van der Waals surface area contributed by atoms with Crippen LogP contribution in [0.15, 0.2) is 6.07 Å². The lowest BCUT2D eigenvalue weighted by molar-refractivity contribution is 0.497. The molecular formula is C7HBF3N. The molecule has 12 heavy (non-hydrogen) atoms. The zero-order valence-electron chi connectivity index (χ0n) is 5.74. The van der Waals surface area contributed by atoms with E-state index in [2.05, 4.69) is 0 Å². The largest absolute Gasteiger partial charge is 0.205 e. The van der Waals surface area contributed by atoms with Gasteiger partial charge in [-0.15, -0.1) is 0 Å². The maximum Gasteiger partial charge on any atom is 0.178 e. The van der Waals surface area contributed by atoms with Crippen LogP contribution in [0.1, 0.15) is 5.56 Å². The van der Waals surface area contributed by atoms with Crippen LogP contribution in [0, 0.1) is 28.8 Å². The van der Waals surface area contributed by atoms with Crippen LogP contribution >= 0.6 is 0 Å². The van der Waals surface area contributed by atoms with Gasteiger partial charge >= 0.3 is 0 Å². The fourth-order valence-electron chi connectivity index (χ4n) is 0.716. The van der Waals surface area contributed by atoms with Gasteiger partial charge in [-0.3, -0.25) is 0 Å². The number of hydrogen-bond acceptors (Lipinski definition) is 1. The fourth-order valence-corrected chi connectivity index (χ4v) is 0.716. The summed E-state index contributed by atoms with van der Waals surface area (Å²) in [4.78, 5) is 0. The normalized spacial score (nSPS) is 9.50. The third-order valence-electron chi connectivity index (χ3n) is 1.30. The lowest BCUT2D eigenvalue weighted by atomic mass is 9.94. The van der Waals surface area contributed by atoms with Crippen molar-refractivity contribution in [3.8, 4) is 6.07 Å². The minimum absolute atomic E-state index is 0.566. The van der Waals surface area contributed by atoms with Crippen LogP contribution in [0.5, 0.6) is 0 Å². The molecule has 0 N–H and O–H groups in total. The van der Waals surface area contributed by atoms with Crippen LogP contribution in [0.3, 0.4) is 0 Å². The Labute approximate surface area is 67.8 Å². The van der Waals surface area contributed by atoms with Gasteiger partial charge in [0.2, 0.25) is 0 Å². The Kier molecular flexibility index (Phi) is 2.09. The van der Waals surface area contributed by atoms with Crippen LogP contribution in [0.4, 0.5) is 13.2 Å². The molecule has 0 atom stereocenters. The highest BCUT2D eigenvalue weighted by Gasteiger charge is 2.15. The second-order valence-electron chi connectivity index (χ2n) is 2.06. The number of hydrogen-bond donors (Lipinski definition) is 0. The van der Waals surface area contributed by atoms with E-state index in [9.17, 15) is 13.2 Å². The molecular weight excluding hydrogens is 166 g/mol. The Morgan fingerprint density at radius 1 is 1.25 bits per heavy atom. The Bertz CT molecular complexity index is 370. The molecule has 5 heteroatoms. The molecule has 0 saturated heterocycles. The molecule has 0 fully saturated rings.